The summed E-state index contributed by atoms with van der Waals surface area (Å²) in [5.41, 5.74) is 3.37. The van der Waals surface area contributed by atoms with Crippen molar-refractivity contribution >= 4 is 21.8 Å². The number of hydrogen-bond acceptors (Lipinski definition) is 6. The third-order valence-corrected chi connectivity index (χ3v) is 7.69. The Bertz CT molecular complexity index is 1070. The SMILES string of the molecule is CC(C)C(C(=O)NO)N(CCC(=O)N1CCOCC1)S(=O)(=O)c1ccc(-c2ccccc2)cc1. The first-order valence-corrected chi connectivity index (χ1v) is 12.7. The van der Waals surface area contributed by atoms with Crippen molar-refractivity contribution in [1.82, 2.24) is 14.7 Å². The topological polar surface area (TPSA) is 116 Å². The lowest BCUT2D eigenvalue weighted by atomic mass is 10.0. The summed E-state index contributed by atoms with van der Waals surface area (Å²) in [5.74, 6) is -1.52. The van der Waals surface area contributed by atoms with Gasteiger partial charge in [-0.15, -0.1) is 0 Å². The summed E-state index contributed by atoms with van der Waals surface area (Å²) in [6, 6.07) is 14.7. The number of hydroxylamine groups is 1. The first-order valence-electron chi connectivity index (χ1n) is 11.2. The maximum atomic E-state index is 13.7. The van der Waals surface area contributed by atoms with E-state index in [0.717, 1.165) is 15.4 Å². The smallest absolute Gasteiger partial charge is 0.262 e. The van der Waals surface area contributed by atoms with E-state index >= 15 is 0 Å². The minimum atomic E-state index is -4.16. The number of ether oxygens (including phenoxy) is 1. The molecule has 1 fully saturated rings. The second-order valence-corrected chi connectivity index (χ2v) is 10.3. The number of nitrogens with one attached hydrogen (secondary N) is 1. The van der Waals surface area contributed by atoms with Crippen molar-refractivity contribution in [3.05, 3.63) is 54.6 Å². The zero-order valence-corrected chi connectivity index (χ0v) is 20.2. The number of hydrogen-bond donors (Lipinski definition) is 2. The number of carbonyl (C=O) groups is 2. The van der Waals surface area contributed by atoms with Gasteiger partial charge in [0.05, 0.1) is 18.1 Å². The average Bonchev–Trinajstić information content (AvgIpc) is 2.86. The van der Waals surface area contributed by atoms with Gasteiger partial charge in [-0.3, -0.25) is 14.8 Å². The molecule has 9 nitrogen and oxygen atoms in total. The zero-order chi connectivity index (χ0) is 24.7. The molecule has 0 bridgehead atoms. The van der Waals surface area contributed by atoms with Crippen molar-refractivity contribution in [2.24, 2.45) is 5.92 Å². The highest BCUT2D eigenvalue weighted by Crippen LogP contribution is 2.26. The highest BCUT2D eigenvalue weighted by atomic mass is 32.2. The molecule has 2 aromatic carbocycles. The normalized spacial score (nSPS) is 15.4. The Morgan fingerprint density at radius 1 is 1.03 bits per heavy atom. The maximum absolute atomic E-state index is 13.7. The molecule has 0 aromatic heterocycles. The van der Waals surface area contributed by atoms with Crippen LogP contribution in [-0.2, 0) is 24.3 Å². The van der Waals surface area contributed by atoms with Crippen LogP contribution in [-0.4, -0.2) is 73.5 Å². The van der Waals surface area contributed by atoms with Crippen LogP contribution in [0.5, 0.6) is 0 Å². The van der Waals surface area contributed by atoms with Crippen LogP contribution in [0.25, 0.3) is 11.1 Å². The number of benzene rings is 2. The van der Waals surface area contributed by atoms with Gasteiger partial charge in [0, 0.05) is 26.1 Å². The van der Waals surface area contributed by atoms with Gasteiger partial charge in [0.1, 0.15) is 6.04 Å². The molecule has 10 heteroatoms. The molecule has 2 amide bonds. The van der Waals surface area contributed by atoms with E-state index in [9.17, 15) is 23.2 Å². The predicted molar refractivity (Wildman–Crippen MR) is 126 cm³/mol. The maximum Gasteiger partial charge on any atom is 0.262 e. The minimum absolute atomic E-state index is 0.00222. The number of morpholine rings is 1. The van der Waals surface area contributed by atoms with E-state index in [-0.39, 0.29) is 23.8 Å². The molecule has 1 aliphatic rings. The van der Waals surface area contributed by atoms with Crippen molar-refractivity contribution in [3.8, 4) is 11.1 Å². The number of nitrogens with zero attached hydrogens (tertiary/aromatic N) is 2. The highest BCUT2D eigenvalue weighted by molar-refractivity contribution is 7.89. The monoisotopic (exact) mass is 489 g/mol. The van der Waals surface area contributed by atoms with Crippen molar-refractivity contribution < 1.29 is 28.0 Å². The first-order chi connectivity index (χ1) is 16.3. The van der Waals surface area contributed by atoms with Crippen LogP contribution in [0, 0.1) is 5.92 Å². The lowest BCUT2D eigenvalue weighted by Crippen LogP contribution is -2.52. The van der Waals surface area contributed by atoms with E-state index in [4.69, 9.17) is 4.74 Å². The summed E-state index contributed by atoms with van der Waals surface area (Å²) >= 11 is 0. The van der Waals surface area contributed by atoms with Gasteiger partial charge in [-0.1, -0.05) is 56.3 Å². The van der Waals surface area contributed by atoms with Gasteiger partial charge in [0.2, 0.25) is 15.9 Å². The number of sulfonamides is 1. The second kappa shape index (κ2) is 11.6. The fraction of sp³-hybridized carbons (Fsp3) is 0.417. The van der Waals surface area contributed by atoms with Gasteiger partial charge in [-0.2, -0.15) is 4.31 Å². The molecule has 1 atom stereocenters. The molecule has 1 saturated heterocycles. The number of amides is 2. The van der Waals surface area contributed by atoms with E-state index < -0.39 is 27.9 Å². The summed E-state index contributed by atoms with van der Waals surface area (Å²) in [4.78, 5) is 26.8. The van der Waals surface area contributed by atoms with Gasteiger partial charge in [0.25, 0.3) is 5.91 Å². The van der Waals surface area contributed by atoms with E-state index in [1.807, 2.05) is 30.3 Å². The number of rotatable bonds is 9. The van der Waals surface area contributed by atoms with Gasteiger partial charge < -0.3 is 9.64 Å². The molecule has 184 valence electrons. The summed E-state index contributed by atoms with van der Waals surface area (Å²) in [6.45, 7) is 4.92. The fourth-order valence-electron chi connectivity index (χ4n) is 4.00. The molecule has 1 unspecified atom stereocenters. The van der Waals surface area contributed by atoms with Gasteiger partial charge >= 0.3 is 0 Å². The summed E-state index contributed by atoms with van der Waals surface area (Å²) in [5, 5.41) is 9.27. The Balaban J connectivity index is 1.89. The van der Waals surface area contributed by atoms with Crippen LogP contribution >= 0.6 is 0 Å². The Morgan fingerprint density at radius 2 is 1.62 bits per heavy atom. The van der Waals surface area contributed by atoms with E-state index in [1.54, 1.807) is 36.4 Å². The Labute approximate surface area is 200 Å². The van der Waals surface area contributed by atoms with Crippen LogP contribution in [0.1, 0.15) is 20.3 Å². The van der Waals surface area contributed by atoms with Crippen LogP contribution in [0.15, 0.2) is 59.5 Å². The number of carbonyl (C=O) groups excluding carboxylic acids is 2. The molecule has 0 saturated carbocycles. The van der Waals surface area contributed by atoms with Crippen LogP contribution < -0.4 is 5.48 Å². The summed E-state index contributed by atoms with van der Waals surface area (Å²) in [6.07, 6.45) is -0.0940. The van der Waals surface area contributed by atoms with Crippen molar-refractivity contribution in [2.75, 3.05) is 32.8 Å². The van der Waals surface area contributed by atoms with E-state index in [2.05, 4.69) is 0 Å². The lowest BCUT2D eigenvalue weighted by Gasteiger charge is -2.33. The molecule has 0 spiro atoms. The molecule has 3 rings (SSSR count). The van der Waals surface area contributed by atoms with Crippen molar-refractivity contribution in [2.45, 2.75) is 31.2 Å². The van der Waals surface area contributed by atoms with Crippen LogP contribution in [0.3, 0.4) is 0 Å². The molecule has 0 aliphatic carbocycles. The molecule has 2 aromatic rings. The molecule has 34 heavy (non-hydrogen) atoms. The third-order valence-electron chi connectivity index (χ3n) is 5.80. The largest absolute Gasteiger partial charge is 0.378 e. The highest BCUT2D eigenvalue weighted by Gasteiger charge is 2.38. The van der Waals surface area contributed by atoms with Crippen LogP contribution in [0.4, 0.5) is 0 Å². The lowest BCUT2D eigenvalue weighted by molar-refractivity contribution is -0.137. The van der Waals surface area contributed by atoms with Gasteiger partial charge in [-0.05, 0) is 29.2 Å². The quantitative estimate of drug-likeness (QED) is 0.412. The van der Waals surface area contributed by atoms with E-state index in [0.29, 0.717) is 26.3 Å². The molecule has 2 N–H and O–H groups in total. The Morgan fingerprint density at radius 3 is 2.18 bits per heavy atom. The molecule has 1 heterocycles. The molecule has 1 aliphatic heterocycles. The summed E-state index contributed by atoms with van der Waals surface area (Å²) < 4.78 is 33.6. The molecule has 0 radical (unpaired) electrons. The zero-order valence-electron chi connectivity index (χ0n) is 19.4. The van der Waals surface area contributed by atoms with Crippen molar-refractivity contribution in [1.29, 1.82) is 0 Å². The van der Waals surface area contributed by atoms with Gasteiger partial charge in [-0.25, -0.2) is 13.9 Å². The minimum Gasteiger partial charge on any atom is -0.378 e. The first kappa shape index (κ1) is 25.8. The molecular formula is C24H31N3O6S. The van der Waals surface area contributed by atoms with Crippen LogP contribution in [0.2, 0.25) is 0 Å². The molecular weight excluding hydrogens is 458 g/mol. The van der Waals surface area contributed by atoms with Gasteiger partial charge in [0.15, 0.2) is 0 Å². The predicted octanol–water partition coefficient (Wildman–Crippen LogP) is 2.12. The summed E-state index contributed by atoms with van der Waals surface area (Å²) in [7, 11) is -4.16. The van der Waals surface area contributed by atoms with E-state index in [1.165, 1.54) is 12.1 Å². The standard InChI is InChI=1S/C24H31N3O6S/c1-18(2)23(24(29)25-30)27(13-12-22(28)26-14-16-33-17-15-26)34(31,32)21-10-8-20(9-11-21)19-6-4-3-5-7-19/h3-11,18,23,30H,12-17H2,1-2H3,(H,25,29). The third kappa shape index (κ3) is 6.01. The van der Waals surface area contributed by atoms with Crippen molar-refractivity contribution in [3.63, 3.8) is 0 Å². The Hall–Kier alpha value is -2.79. The second-order valence-electron chi connectivity index (χ2n) is 8.41. The Kier molecular flexibility index (Phi) is 8.78. The fourth-order valence-corrected chi connectivity index (χ4v) is 5.72. The average molecular weight is 490 g/mol.